The second-order valence-electron chi connectivity index (χ2n) is 8.75. The summed E-state index contributed by atoms with van der Waals surface area (Å²) in [7, 11) is -3.74. The Morgan fingerprint density at radius 3 is 1.74 bits per heavy atom. The lowest BCUT2D eigenvalue weighted by Gasteiger charge is -2.30. The lowest BCUT2D eigenvalue weighted by molar-refractivity contribution is 0.420. The zero-order chi connectivity index (χ0) is 24.5. The van der Waals surface area contributed by atoms with E-state index in [-0.39, 0.29) is 10.9 Å². The molecule has 2 N–H and O–H groups in total. The van der Waals surface area contributed by atoms with Gasteiger partial charge in [0.05, 0.1) is 17.0 Å². The van der Waals surface area contributed by atoms with Gasteiger partial charge < -0.3 is 5.32 Å². The van der Waals surface area contributed by atoms with Gasteiger partial charge in [-0.15, -0.1) is 0 Å². The van der Waals surface area contributed by atoms with Crippen LogP contribution in [0.2, 0.25) is 0 Å². The summed E-state index contributed by atoms with van der Waals surface area (Å²) in [6, 6.07) is 36.5. The summed E-state index contributed by atoms with van der Waals surface area (Å²) < 4.78 is 29.9. The Morgan fingerprint density at radius 2 is 1.17 bits per heavy atom. The summed E-state index contributed by atoms with van der Waals surface area (Å²) in [6.45, 7) is 2.70. The number of benzene rings is 4. The van der Waals surface area contributed by atoms with E-state index in [0.29, 0.717) is 0 Å². The molecule has 0 saturated carbocycles. The normalized spacial score (nSPS) is 13.3. The Balaban J connectivity index is 1.61. The lowest BCUT2D eigenvalue weighted by Crippen LogP contribution is -2.39. The first-order chi connectivity index (χ1) is 17.0. The van der Waals surface area contributed by atoms with Gasteiger partial charge in [-0.25, -0.2) is 13.1 Å². The molecule has 180 valence electrons. The monoisotopic (exact) mass is 484 g/mol. The number of rotatable bonds is 11. The second-order valence-corrected chi connectivity index (χ2v) is 10.5. The second kappa shape index (κ2) is 11.9. The van der Waals surface area contributed by atoms with Crippen molar-refractivity contribution in [2.45, 2.75) is 36.7 Å². The highest BCUT2D eigenvalue weighted by Crippen LogP contribution is 2.31. The smallest absolute Gasteiger partial charge is 0.241 e. The predicted molar refractivity (Wildman–Crippen MR) is 143 cm³/mol. The van der Waals surface area contributed by atoms with E-state index >= 15 is 0 Å². The van der Waals surface area contributed by atoms with Crippen LogP contribution in [0.15, 0.2) is 120 Å². The first-order valence-electron chi connectivity index (χ1n) is 12.0. The molecule has 0 fully saturated rings. The van der Waals surface area contributed by atoms with Crippen molar-refractivity contribution < 1.29 is 8.42 Å². The molecule has 4 rings (SSSR count). The van der Waals surface area contributed by atoms with Gasteiger partial charge in [0, 0.05) is 0 Å². The maximum atomic E-state index is 13.4. The van der Waals surface area contributed by atoms with Gasteiger partial charge in [-0.05, 0) is 55.1 Å². The molecule has 0 aliphatic carbocycles. The Kier molecular flexibility index (Phi) is 8.48. The van der Waals surface area contributed by atoms with Crippen molar-refractivity contribution in [3.05, 3.63) is 138 Å². The van der Waals surface area contributed by atoms with E-state index in [1.54, 1.807) is 12.1 Å². The lowest BCUT2D eigenvalue weighted by atomic mass is 9.94. The maximum absolute atomic E-state index is 13.4. The fraction of sp³-hybridized carbons (Fsp3) is 0.200. The van der Waals surface area contributed by atoms with Gasteiger partial charge in [-0.2, -0.15) is 0 Å². The standard InChI is InChI=1S/C30H32N2O2S/c1-24-19-21-28(22-20-24)35(33,34)32-30(27-17-9-4-10-18-27)29(26-15-7-3-8-16-26)31-23-11-14-25-12-5-2-6-13-25/h2-10,12-13,15-22,29-32H,11,14,23H2,1H3/t29?,30-/m1/s1. The Morgan fingerprint density at radius 1 is 0.657 bits per heavy atom. The van der Waals surface area contributed by atoms with Crippen LogP contribution < -0.4 is 10.0 Å². The van der Waals surface area contributed by atoms with E-state index in [4.69, 9.17) is 0 Å². The molecule has 2 atom stereocenters. The van der Waals surface area contributed by atoms with Gasteiger partial charge in [0.1, 0.15) is 0 Å². The molecule has 0 saturated heterocycles. The highest BCUT2D eigenvalue weighted by atomic mass is 32.2. The summed E-state index contributed by atoms with van der Waals surface area (Å²) in [5.41, 5.74) is 4.26. The van der Waals surface area contributed by atoms with Crippen molar-refractivity contribution in [3.8, 4) is 0 Å². The van der Waals surface area contributed by atoms with Crippen molar-refractivity contribution in [1.29, 1.82) is 0 Å². The Hall–Kier alpha value is -3.25. The SMILES string of the molecule is Cc1ccc(S(=O)(=O)N[C@H](c2ccccc2)C(NCCCc2ccccc2)c2ccccc2)cc1. The molecule has 0 aliphatic rings. The summed E-state index contributed by atoms with van der Waals surface area (Å²) in [4.78, 5) is 0.264. The first-order valence-corrected chi connectivity index (χ1v) is 13.5. The molecule has 0 heterocycles. The summed E-state index contributed by atoms with van der Waals surface area (Å²) in [5, 5.41) is 3.66. The maximum Gasteiger partial charge on any atom is 0.241 e. The van der Waals surface area contributed by atoms with E-state index < -0.39 is 16.1 Å². The van der Waals surface area contributed by atoms with Crippen LogP contribution in [0.4, 0.5) is 0 Å². The molecular formula is C30H32N2O2S. The van der Waals surface area contributed by atoms with Gasteiger partial charge >= 0.3 is 0 Å². The molecule has 1 unspecified atom stereocenters. The van der Waals surface area contributed by atoms with Crippen LogP contribution in [0.3, 0.4) is 0 Å². The molecule has 0 amide bonds. The molecule has 4 aromatic rings. The molecule has 4 aromatic carbocycles. The molecule has 0 radical (unpaired) electrons. The topological polar surface area (TPSA) is 58.2 Å². The van der Waals surface area contributed by atoms with Gasteiger partial charge in [0.15, 0.2) is 0 Å². The van der Waals surface area contributed by atoms with Crippen LogP contribution >= 0.6 is 0 Å². The highest BCUT2D eigenvalue weighted by molar-refractivity contribution is 7.89. The highest BCUT2D eigenvalue weighted by Gasteiger charge is 2.29. The molecule has 5 heteroatoms. The third-order valence-corrected chi connectivity index (χ3v) is 7.57. The van der Waals surface area contributed by atoms with Crippen molar-refractivity contribution in [2.75, 3.05) is 6.54 Å². The van der Waals surface area contributed by atoms with Gasteiger partial charge in [0.25, 0.3) is 0 Å². The number of hydrogen-bond acceptors (Lipinski definition) is 3. The van der Waals surface area contributed by atoms with Crippen LogP contribution in [0.25, 0.3) is 0 Å². The van der Waals surface area contributed by atoms with E-state index in [9.17, 15) is 8.42 Å². The van der Waals surface area contributed by atoms with E-state index in [0.717, 1.165) is 36.1 Å². The van der Waals surface area contributed by atoms with Crippen LogP contribution in [-0.4, -0.2) is 15.0 Å². The summed E-state index contributed by atoms with van der Waals surface area (Å²) in [5.74, 6) is 0. The van der Waals surface area contributed by atoms with Crippen molar-refractivity contribution in [2.24, 2.45) is 0 Å². The average molecular weight is 485 g/mol. The van der Waals surface area contributed by atoms with Crippen molar-refractivity contribution in [3.63, 3.8) is 0 Å². The van der Waals surface area contributed by atoms with Crippen LogP contribution in [0.1, 0.15) is 40.8 Å². The van der Waals surface area contributed by atoms with Crippen LogP contribution in [0.5, 0.6) is 0 Å². The Labute approximate surface area is 209 Å². The number of aryl methyl sites for hydroxylation is 2. The first kappa shape index (κ1) is 24.9. The quantitative estimate of drug-likeness (QED) is 0.258. The third-order valence-electron chi connectivity index (χ3n) is 6.11. The van der Waals surface area contributed by atoms with Gasteiger partial charge in [-0.1, -0.05) is 109 Å². The van der Waals surface area contributed by atoms with E-state index in [1.165, 1.54) is 5.56 Å². The fourth-order valence-electron chi connectivity index (χ4n) is 4.22. The van der Waals surface area contributed by atoms with Crippen molar-refractivity contribution >= 4 is 10.0 Å². The van der Waals surface area contributed by atoms with Crippen LogP contribution in [0, 0.1) is 6.92 Å². The molecule has 0 bridgehead atoms. The zero-order valence-electron chi connectivity index (χ0n) is 20.0. The van der Waals surface area contributed by atoms with E-state index in [1.807, 2.05) is 85.8 Å². The average Bonchev–Trinajstić information content (AvgIpc) is 2.89. The third kappa shape index (κ3) is 6.89. The largest absolute Gasteiger partial charge is 0.308 e. The molecule has 0 spiro atoms. The molecule has 35 heavy (non-hydrogen) atoms. The minimum Gasteiger partial charge on any atom is -0.308 e. The van der Waals surface area contributed by atoms with Crippen molar-refractivity contribution in [1.82, 2.24) is 10.0 Å². The molecule has 0 aromatic heterocycles. The molecular weight excluding hydrogens is 452 g/mol. The van der Waals surface area contributed by atoms with Crippen LogP contribution in [-0.2, 0) is 16.4 Å². The van der Waals surface area contributed by atoms with Gasteiger partial charge in [-0.3, -0.25) is 0 Å². The summed E-state index contributed by atoms with van der Waals surface area (Å²) >= 11 is 0. The molecule has 0 aliphatic heterocycles. The van der Waals surface area contributed by atoms with E-state index in [2.05, 4.69) is 34.3 Å². The number of sulfonamides is 1. The molecule has 4 nitrogen and oxygen atoms in total. The number of nitrogens with one attached hydrogen (secondary N) is 2. The minimum atomic E-state index is -3.74. The minimum absolute atomic E-state index is 0.241. The predicted octanol–water partition coefficient (Wildman–Crippen LogP) is 5.98. The Bertz CT molecular complexity index is 1280. The number of hydrogen-bond donors (Lipinski definition) is 2. The summed E-state index contributed by atoms with van der Waals surface area (Å²) in [6.07, 6.45) is 1.90. The zero-order valence-corrected chi connectivity index (χ0v) is 20.8. The fourth-order valence-corrected chi connectivity index (χ4v) is 5.46. The van der Waals surface area contributed by atoms with Gasteiger partial charge in [0.2, 0.25) is 10.0 Å².